The molecule has 0 radical (unpaired) electrons. The summed E-state index contributed by atoms with van der Waals surface area (Å²) >= 11 is 6.20. The van der Waals surface area contributed by atoms with Gasteiger partial charge in [-0.3, -0.25) is 9.59 Å². The lowest BCUT2D eigenvalue weighted by Crippen LogP contribution is -2.20. The van der Waals surface area contributed by atoms with Crippen LogP contribution in [0.3, 0.4) is 0 Å². The van der Waals surface area contributed by atoms with Crippen molar-refractivity contribution < 1.29 is 9.53 Å². The van der Waals surface area contributed by atoms with Crippen LogP contribution in [0.1, 0.15) is 31.1 Å². The van der Waals surface area contributed by atoms with Gasteiger partial charge < -0.3 is 14.6 Å². The zero-order chi connectivity index (χ0) is 21.3. The molecule has 0 saturated carbocycles. The highest BCUT2D eigenvalue weighted by Crippen LogP contribution is 2.30. The third kappa shape index (κ3) is 4.32. The molecular formula is C20H22ClN5O3. The summed E-state index contributed by atoms with van der Waals surface area (Å²) in [6.45, 7) is 5.52. The molecule has 1 N–H and O–H groups in total. The molecule has 3 rings (SSSR count). The van der Waals surface area contributed by atoms with E-state index >= 15 is 0 Å². The number of amidine groups is 1. The predicted octanol–water partition coefficient (Wildman–Crippen LogP) is 3.25. The minimum atomic E-state index is -0.487. The van der Waals surface area contributed by atoms with Gasteiger partial charge in [-0.25, -0.2) is 0 Å². The van der Waals surface area contributed by atoms with E-state index in [0.29, 0.717) is 27.9 Å². The molecule has 0 atom stereocenters. The number of carbonyl (C=O) groups excluding carboxylic acids is 1. The number of amides is 1. The van der Waals surface area contributed by atoms with Crippen molar-refractivity contribution in [2.75, 3.05) is 14.1 Å². The van der Waals surface area contributed by atoms with Gasteiger partial charge in [0.2, 0.25) is 0 Å². The zero-order valence-electron chi connectivity index (χ0n) is 16.9. The van der Waals surface area contributed by atoms with Gasteiger partial charge in [-0.2, -0.15) is 14.6 Å². The standard InChI is InChI=1S/C20H22ClN5O3/c1-11(2)29-17-8-13(6-7-15(17)21)16-9-18(27)26-19(24-16)14(10-22-26)20(28)23-12(3)25(4)5/h6-11,24H,1-5H3. The molecule has 0 spiro atoms. The minimum Gasteiger partial charge on any atom is -0.489 e. The Morgan fingerprint density at radius 2 is 2.03 bits per heavy atom. The van der Waals surface area contributed by atoms with Gasteiger partial charge in [0.05, 0.1) is 23.0 Å². The van der Waals surface area contributed by atoms with Crippen LogP contribution < -0.4 is 10.3 Å². The highest BCUT2D eigenvalue weighted by molar-refractivity contribution is 6.32. The molecule has 0 unspecified atom stereocenters. The Balaban J connectivity index is 2.11. The number of aromatic amines is 1. The lowest BCUT2D eigenvalue weighted by molar-refractivity contribution is 0.100. The van der Waals surface area contributed by atoms with E-state index in [4.69, 9.17) is 16.3 Å². The average molecular weight is 416 g/mol. The Labute approximate surface area is 172 Å². The fourth-order valence-corrected chi connectivity index (χ4v) is 2.78. The predicted molar refractivity (Wildman–Crippen MR) is 113 cm³/mol. The Morgan fingerprint density at radius 3 is 2.69 bits per heavy atom. The van der Waals surface area contributed by atoms with Crippen molar-refractivity contribution in [3.63, 3.8) is 0 Å². The second kappa shape index (κ2) is 8.08. The number of carbonyl (C=O) groups is 1. The smallest absolute Gasteiger partial charge is 0.284 e. The van der Waals surface area contributed by atoms with Gasteiger partial charge in [-0.15, -0.1) is 0 Å². The molecule has 1 amide bonds. The lowest BCUT2D eigenvalue weighted by Gasteiger charge is -2.13. The highest BCUT2D eigenvalue weighted by atomic mass is 35.5. The summed E-state index contributed by atoms with van der Waals surface area (Å²) in [6.07, 6.45) is 1.28. The SMILES string of the molecule is CC(=NC(=O)c1cnn2c(=O)cc(-c3ccc(Cl)c(OC(C)C)c3)[nH]c12)N(C)C. The molecule has 29 heavy (non-hydrogen) atoms. The van der Waals surface area contributed by atoms with Gasteiger partial charge in [0.25, 0.3) is 11.5 Å². The summed E-state index contributed by atoms with van der Waals surface area (Å²) < 4.78 is 6.86. The van der Waals surface area contributed by atoms with Crippen molar-refractivity contribution in [1.82, 2.24) is 19.5 Å². The second-order valence-electron chi connectivity index (χ2n) is 7.01. The van der Waals surface area contributed by atoms with E-state index in [2.05, 4.69) is 15.1 Å². The van der Waals surface area contributed by atoms with Gasteiger partial charge in [-0.1, -0.05) is 17.7 Å². The van der Waals surface area contributed by atoms with Gasteiger partial charge in [0.15, 0.2) is 5.65 Å². The number of aromatic nitrogens is 3. The Bertz CT molecular complexity index is 1160. The molecule has 8 nitrogen and oxygen atoms in total. The van der Waals surface area contributed by atoms with Crippen molar-refractivity contribution in [3.05, 3.63) is 51.4 Å². The fraction of sp³-hybridized carbons (Fsp3) is 0.300. The van der Waals surface area contributed by atoms with Crippen LogP contribution in [0.25, 0.3) is 16.9 Å². The maximum atomic E-state index is 12.6. The maximum absolute atomic E-state index is 12.6. The number of aliphatic imine (C=N–C) groups is 1. The van der Waals surface area contributed by atoms with Crippen LogP contribution in [0, 0.1) is 0 Å². The first-order valence-electron chi connectivity index (χ1n) is 9.02. The number of benzene rings is 1. The van der Waals surface area contributed by atoms with E-state index in [-0.39, 0.29) is 22.9 Å². The Morgan fingerprint density at radius 1 is 1.31 bits per heavy atom. The first-order valence-corrected chi connectivity index (χ1v) is 9.39. The van der Waals surface area contributed by atoms with Gasteiger partial charge >= 0.3 is 0 Å². The summed E-state index contributed by atoms with van der Waals surface area (Å²) in [6, 6.07) is 6.62. The Hall–Kier alpha value is -3.13. The number of ether oxygens (including phenoxy) is 1. The number of fused-ring (bicyclic) bond motifs is 1. The van der Waals surface area contributed by atoms with Crippen molar-refractivity contribution in [1.29, 1.82) is 0 Å². The summed E-state index contributed by atoms with van der Waals surface area (Å²) in [4.78, 5) is 34.0. The third-order valence-corrected chi connectivity index (χ3v) is 4.56. The molecule has 3 aromatic rings. The molecule has 0 aliphatic carbocycles. The monoisotopic (exact) mass is 415 g/mol. The second-order valence-corrected chi connectivity index (χ2v) is 7.42. The molecule has 0 fully saturated rings. The number of hydrogen-bond acceptors (Lipinski definition) is 4. The van der Waals surface area contributed by atoms with Gasteiger partial charge in [0, 0.05) is 25.7 Å². The molecule has 152 valence electrons. The van der Waals surface area contributed by atoms with E-state index in [1.165, 1.54) is 12.3 Å². The largest absolute Gasteiger partial charge is 0.489 e. The molecule has 2 aromatic heterocycles. The fourth-order valence-electron chi connectivity index (χ4n) is 2.62. The summed E-state index contributed by atoms with van der Waals surface area (Å²) in [7, 11) is 3.58. The maximum Gasteiger partial charge on any atom is 0.284 e. The van der Waals surface area contributed by atoms with Gasteiger partial charge in [0.1, 0.15) is 17.1 Å². The number of hydrogen-bond donors (Lipinski definition) is 1. The number of nitrogens with one attached hydrogen (secondary N) is 1. The van der Waals surface area contributed by atoms with E-state index in [9.17, 15) is 9.59 Å². The van der Waals surface area contributed by atoms with Crippen molar-refractivity contribution in [2.45, 2.75) is 26.9 Å². The zero-order valence-corrected chi connectivity index (χ0v) is 17.6. The van der Waals surface area contributed by atoms with Crippen LogP contribution in [0.5, 0.6) is 5.75 Å². The summed E-state index contributed by atoms with van der Waals surface area (Å²) in [5, 5.41) is 4.49. The molecule has 0 aliphatic rings. The number of nitrogens with zero attached hydrogens (tertiary/aromatic N) is 4. The first kappa shape index (κ1) is 20.6. The third-order valence-electron chi connectivity index (χ3n) is 4.24. The van der Waals surface area contributed by atoms with E-state index in [0.717, 1.165) is 4.52 Å². The van der Waals surface area contributed by atoms with E-state index < -0.39 is 5.91 Å². The molecule has 9 heteroatoms. The lowest BCUT2D eigenvalue weighted by atomic mass is 10.1. The van der Waals surface area contributed by atoms with Gasteiger partial charge in [-0.05, 0) is 32.9 Å². The van der Waals surface area contributed by atoms with Crippen molar-refractivity contribution in [2.24, 2.45) is 4.99 Å². The number of rotatable bonds is 4. The van der Waals surface area contributed by atoms with Crippen LogP contribution >= 0.6 is 11.6 Å². The summed E-state index contributed by atoms with van der Waals surface area (Å²) in [5.74, 6) is 0.566. The molecule has 0 saturated heterocycles. The average Bonchev–Trinajstić information content (AvgIpc) is 3.07. The molecule has 1 aromatic carbocycles. The first-order chi connectivity index (χ1) is 13.7. The number of halogens is 1. The molecule has 0 bridgehead atoms. The summed E-state index contributed by atoms with van der Waals surface area (Å²) in [5.41, 5.74) is 1.31. The highest BCUT2D eigenvalue weighted by Gasteiger charge is 2.17. The topological polar surface area (TPSA) is 92.1 Å². The van der Waals surface area contributed by atoms with Crippen LogP contribution in [-0.4, -0.2) is 51.4 Å². The normalized spacial score (nSPS) is 11.9. The molecule has 0 aliphatic heterocycles. The van der Waals surface area contributed by atoms with Crippen molar-refractivity contribution in [3.8, 4) is 17.0 Å². The van der Waals surface area contributed by atoms with Crippen LogP contribution in [-0.2, 0) is 0 Å². The van der Waals surface area contributed by atoms with E-state index in [1.807, 2.05) is 13.8 Å². The number of H-pyrrole nitrogens is 1. The van der Waals surface area contributed by atoms with Crippen LogP contribution in [0.15, 0.2) is 40.2 Å². The Kier molecular flexibility index (Phi) is 5.74. The minimum absolute atomic E-state index is 0.0545. The van der Waals surface area contributed by atoms with E-state index in [1.54, 1.807) is 44.1 Å². The van der Waals surface area contributed by atoms with Crippen molar-refractivity contribution >= 4 is 29.0 Å². The molecular weight excluding hydrogens is 394 g/mol. The quantitative estimate of drug-likeness (QED) is 0.521. The van der Waals surface area contributed by atoms with Crippen LogP contribution in [0.2, 0.25) is 5.02 Å². The van der Waals surface area contributed by atoms with Crippen LogP contribution in [0.4, 0.5) is 0 Å². The molecule has 2 heterocycles.